The number of carbonyl (C=O) groups is 1. The summed E-state index contributed by atoms with van der Waals surface area (Å²) in [6.07, 6.45) is 6.96. The van der Waals surface area contributed by atoms with E-state index in [1.165, 1.54) is 17.7 Å². The minimum Gasteiger partial charge on any atom is -0.355 e. The van der Waals surface area contributed by atoms with E-state index in [1.54, 1.807) is 0 Å². The van der Waals surface area contributed by atoms with Crippen molar-refractivity contribution < 1.29 is 4.79 Å². The molecule has 2 heterocycles. The number of hydrogen-bond acceptors (Lipinski definition) is 3. The van der Waals surface area contributed by atoms with Crippen LogP contribution in [0.3, 0.4) is 0 Å². The van der Waals surface area contributed by atoms with Crippen molar-refractivity contribution in [2.75, 3.05) is 6.54 Å². The molecule has 1 aromatic heterocycles. The lowest BCUT2D eigenvalue weighted by Crippen LogP contribution is -2.47. The maximum atomic E-state index is 11.1. The van der Waals surface area contributed by atoms with Crippen LogP contribution in [0.5, 0.6) is 0 Å². The van der Waals surface area contributed by atoms with Gasteiger partial charge >= 0.3 is 0 Å². The number of carbonyl (C=O) groups excluding carboxylic acids is 1. The third kappa shape index (κ3) is 2.38. The van der Waals surface area contributed by atoms with Crippen LogP contribution in [-0.4, -0.2) is 23.5 Å². The van der Waals surface area contributed by atoms with Crippen molar-refractivity contribution in [3.8, 4) is 0 Å². The van der Waals surface area contributed by atoms with Crippen molar-refractivity contribution in [2.45, 2.75) is 44.2 Å². The highest BCUT2D eigenvalue weighted by Crippen LogP contribution is 2.28. The van der Waals surface area contributed by atoms with E-state index in [4.69, 9.17) is 0 Å². The molecule has 1 fully saturated rings. The van der Waals surface area contributed by atoms with Gasteiger partial charge in [0.2, 0.25) is 5.91 Å². The standard InChI is InChI=1S/C14H19N3O/c18-13-7-6-11(9-16-13)17-12-5-1-3-10-4-2-8-15-14(10)12/h2,4,8,11-12,17H,1,3,5-7,9H2,(H,16,18). The Morgan fingerprint density at radius 2 is 2.28 bits per heavy atom. The fourth-order valence-corrected chi connectivity index (χ4v) is 2.93. The third-order valence-electron chi connectivity index (χ3n) is 3.90. The van der Waals surface area contributed by atoms with Gasteiger partial charge in [0.15, 0.2) is 0 Å². The average molecular weight is 245 g/mol. The van der Waals surface area contributed by atoms with Crippen LogP contribution in [0.4, 0.5) is 0 Å². The summed E-state index contributed by atoms with van der Waals surface area (Å²) in [7, 11) is 0. The Morgan fingerprint density at radius 3 is 3.11 bits per heavy atom. The van der Waals surface area contributed by atoms with Crippen LogP contribution in [0.25, 0.3) is 0 Å². The number of pyridine rings is 1. The van der Waals surface area contributed by atoms with Gasteiger partial charge in [0, 0.05) is 25.2 Å². The Hall–Kier alpha value is -1.42. The number of aromatic nitrogens is 1. The van der Waals surface area contributed by atoms with Gasteiger partial charge in [0.1, 0.15) is 0 Å². The topological polar surface area (TPSA) is 54.0 Å². The molecule has 4 heteroatoms. The molecule has 2 aliphatic rings. The highest BCUT2D eigenvalue weighted by atomic mass is 16.1. The summed E-state index contributed by atoms with van der Waals surface area (Å²) >= 11 is 0. The highest BCUT2D eigenvalue weighted by molar-refractivity contribution is 5.76. The first-order chi connectivity index (χ1) is 8.83. The van der Waals surface area contributed by atoms with Gasteiger partial charge in [-0.25, -0.2) is 0 Å². The molecule has 2 unspecified atom stereocenters. The number of piperidine rings is 1. The molecule has 0 radical (unpaired) electrons. The van der Waals surface area contributed by atoms with Crippen LogP contribution >= 0.6 is 0 Å². The van der Waals surface area contributed by atoms with E-state index in [9.17, 15) is 4.79 Å². The molecule has 1 aliphatic heterocycles. The quantitative estimate of drug-likeness (QED) is 0.826. The zero-order valence-corrected chi connectivity index (χ0v) is 10.5. The average Bonchev–Trinajstić information content (AvgIpc) is 2.42. The van der Waals surface area contributed by atoms with Crippen molar-refractivity contribution in [2.24, 2.45) is 0 Å². The molecule has 1 aliphatic carbocycles. The maximum absolute atomic E-state index is 11.1. The van der Waals surface area contributed by atoms with E-state index in [0.717, 1.165) is 25.8 Å². The van der Waals surface area contributed by atoms with E-state index < -0.39 is 0 Å². The number of nitrogens with one attached hydrogen (secondary N) is 2. The molecule has 3 rings (SSSR count). The predicted octanol–water partition coefficient (Wildman–Crippen LogP) is 1.33. The number of hydrogen-bond donors (Lipinski definition) is 2. The Balaban J connectivity index is 1.69. The Morgan fingerprint density at radius 1 is 1.33 bits per heavy atom. The Bertz CT molecular complexity index is 436. The first-order valence-electron chi connectivity index (χ1n) is 6.79. The van der Waals surface area contributed by atoms with Crippen molar-refractivity contribution in [3.63, 3.8) is 0 Å². The van der Waals surface area contributed by atoms with Gasteiger partial charge in [0.05, 0.1) is 11.7 Å². The largest absolute Gasteiger partial charge is 0.355 e. The molecule has 2 atom stereocenters. The van der Waals surface area contributed by atoms with Crippen LogP contribution in [0, 0.1) is 0 Å². The predicted molar refractivity (Wildman–Crippen MR) is 69.1 cm³/mol. The summed E-state index contributed by atoms with van der Waals surface area (Å²) in [4.78, 5) is 15.7. The van der Waals surface area contributed by atoms with Crippen LogP contribution in [0.15, 0.2) is 18.3 Å². The number of amides is 1. The number of nitrogens with zero attached hydrogens (tertiary/aromatic N) is 1. The normalized spacial score (nSPS) is 27.4. The second kappa shape index (κ2) is 5.06. The summed E-state index contributed by atoms with van der Waals surface area (Å²) < 4.78 is 0. The van der Waals surface area contributed by atoms with E-state index in [-0.39, 0.29) is 5.91 Å². The SMILES string of the molecule is O=C1CCC(NC2CCCc3cccnc32)CN1. The molecule has 0 spiro atoms. The fourth-order valence-electron chi connectivity index (χ4n) is 2.93. The molecule has 1 amide bonds. The van der Waals surface area contributed by atoms with Crippen LogP contribution in [-0.2, 0) is 11.2 Å². The molecule has 4 nitrogen and oxygen atoms in total. The van der Waals surface area contributed by atoms with Crippen LogP contribution < -0.4 is 10.6 Å². The van der Waals surface area contributed by atoms with Gasteiger partial charge in [-0.15, -0.1) is 0 Å². The second-order valence-corrected chi connectivity index (χ2v) is 5.20. The van der Waals surface area contributed by atoms with Crippen LogP contribution in [0.2, 0.25) is 0 Å². The summed E-state index contributed by atoms with van der Waals surface area (Å²) in [6.45, 7) is 0.748. The third-order valence-corrected chi connectivity index (χ3v) is 3.90. The van der Waals surface area contributed by atoms with Crippen molar-refractivity contribution in [1.82, 2.24) is 15.6 Å². The van der Waals surface area contributed by atoms with Crippen molar-refractivity contribution in [1.29, 1.82) is 0 Å². The summed E-state index contributed by atoms with van der Waals surface area (Å²) in [5.74, 6) is 0.176. The van der Waals surface area contributed by atoms with E-state index in [2.05, 4.69) is 21.7 Å². The first kappa shape index (κ1) is 11.7. The zero-order chi connectivity index (χ0) is 12.4. The molecule has 0 aromatic carbocycles. The van der Waals surface area contributed by atoms with E-state index >= 15 is 0 Å². The molecule has 0 saturated carbocycles. The van der Waals surface area contributed by atoms with Gasteiger partial charge in [-0.3, -0.25) is 9.78 Å². The number of aryl methyl sites for hydroxylation is 1. The minimum atomic E-state index is 0.176. The van der Waals surface area contributed by atoms with Gasteiger partial charge < -0.3 is 10.6 Å². The molecular weight excluding hydrogens is 226 g/mol. The number of fused-ring (bicyclic) bond motifs is 1. The number of rotatable bonds is 2. The van der Waals surface area contributed by atoms with E-state index in [1.807, 2.05) is 12.3 Å². The fraction of sp³-hybridized carbons (Fsp3) is 0.571. The molecule has 1 aromatic rings. The Kier molecular flexibility index (Phi) is 3.28. The molecule has 96 valence electrons. The lowest BCUT2D eigenvalue weighted by Gasteiger charge is -2.31. The maximum Gasteiger partial charge on any atom is 0.220 e. The molecular formula is C14H19N3O. The van der Waals surface area contributed by atoms with Crippen molar-refractivity contribution in [3.05, 3.63) is 29.6 Å². The lowest BCUT2D eigenvalue weighted by atomic mass is 9.91. The highest BCUT2D eigenvalue weighted by Gasteiger charge is 2.25. The zero-order valence-electron chi connectivity index (χ0n) is 10.5. The summed E-state index contributed by atoms with van der Waals surface area (Å²) in [5, 5.41) is 6.58. The smallest absolute Gasteiger partial charge is 0.220 e. The first-order valence-corrected chi connectivity index (χ1v) is 6.79. The van der Waals surface area contributed by atoms with Gasteiger partial charge in [-0.05, 0) is 37.3 Å². The monoisotopic (exact) mass is 245 g/mol. The molecule has 0 bridgehead atoms. The van der Waals surface area contributed by atoms with Gasteiger partial charge in [-0.1, -0.05) is 6.07 Å². The summed E-state index contributed by atoms with van der Waals surface area (Å²) in [5.41, 5.74) is 2.58. The van der Waals surface area contributed by atoms with E-state index in [0.29, 0.717) is 18.5 Å². The second-order valence-electron chi connectivity index (χ2n) is 5.20. The lowest BCUT2D eigenvalue weighted by molar-refractivity contribution is -0.122. The Labute approximate surface area is 107 Å². The molecule has 1 saturated heterocycles. The summed E-state index contributed by atoms with van der Waals surface area (Å²) in [6, 6.07) is 4.94. The van der Waals surface area contributed by atoms with Gasteiger partial charge in [0.25, 0.3) is 0 Å². The molecule has 2 N–H and O–H groups in total. The minimum absolute atomic E-state index is 0.176. The van der Waals surface area contributed by atoms with Crippen LogP contribution in [0.1, 0.15) is 43.0 Å². The van der Waals surface area contributed by atoms with Crippen molar-refractivity contribution >= 4 is 5.91 Å². The van der Waals surface area contributed by atoms with Gasteiger partial charge in [-0.2, -0.15) is 0 Å². The molecule has 18 heavy (non-hydrogen) atoms.